The second-order valence-electron chi connectivity index (χ2n) is 15.7. The molecule has 0 atom stereocenters. The largest absolute Gasteiger partial charge is 0.309 e. The van der Waals surface area contributed by atoms with Gasteiger partial charge < -0.3 is 9.13 Å². The first kappa shape index (κ1) is 35.5. The molecule has 62 heavy (non-hydrogen) atoms. The van der Waals surface area contributed by atoms with Gasteiger partial charge in [-0.15, -0.1) is 0 Å². The molecule has 5 nitrogen and oxygen atoms in total. The van der Waals surface area contributed by atoms with Crippen LogP contribution in [-0.4, -0.2) is 24.1 Å². The van der Waals surface area contributed by atoms with Crippen LogP contribution in [0.5, 0.6) is 0 Å². The molecule has 0 N–H and O–H groups in total. The van der Waals surface area contributed by atoms with E-state index in [9.17, 15) is 0 Å². The first-order valence-electron chi connectivity index (χ1n) is 20.9. The van der Waals surface area contributed by atoms with E-state index in [2.05, 4.69) is 197 Å². The summed E-state index contributed by atoms with van der Waals surface area (Å²) in [4.78, 5) is 15.2. The van der Waals surface area contributed by atoms with Gasteiger partial charge in [-0.05, 0) is 89.0 Å². The molecule has 0 spiro atoms. The molecule has 3 heterocycles. The summed E-state index contributed by atoms with van der Waals surface area (Å²) >= 11 is 0. The van der Waals surface area contributed by atoms with E-state index in [1.54, 1.807) is 0 Å². The normalized spacial score (nSPS) is 11.5. The third-order valence-corrected chi connectivity index (χ3v) is 12.0. The first-order valence-corrected chi connectivity index (χ1v) is 20.9. The predicted octanol–water partition coefficient (Wildman–Crippen LogP) is 14.4. The molecule has 5 heteroatoms. The monoisotopic (exact) mass is 791 g/mol. The van der Waals surface area contributed by atoms with Crippen molar-refractivity contribution in [2.45, 2.75) is 0 Å². The Kier molecular flexibility index (Phi) is 8.42. The number of hydrogen-bond acceptors (Lipinski definition) is 3. The quantitative estimate of drug-likeness (QED) is 0.162. The van der Waals surface area contributed by atoms with Gasteiger partial charge in [-0.2, -0.15) is 0 Å². The van der Waals surface area contributed by atoms with E-state index >= 15 is 0 Å². The standard InChI is InChI=1S/C57H37N5/c1-4-15-38(16-5-1)43-19-14-20-44(35-43)39-27-29-41(30-28-39)56-58-55(40-17-6-2-7-18-40)59-57(60-56)42-31-33-46(34-32-42)62-52-26-13-11-24-48(52)50-36-53-49(37-54(50)62)47-23-10-12-25-51(47)61(53)45-21-8-3-9-22-45/h1-37H. The number of fused-ring (bicyclic) bond motifs is 6. The molecule has 12 aromatic rings. The summed E-state index contributed by atoms with van der Waals surface area (Å²) in [7, 11) is 0. The smallest absolute Gasteiger partial charge is 0.164 e. The van der Waals surface area contributed by atoms with Crippen molar-refractivity contribution in [3.63, 3.8) is 0 Å². The summed E-state index contributed by atoms with van der Waals surface area (Å²) in [6, 6.07) is 79.3. The Balaban J connectivity index is 0.953. The maximum atomic E-state index is 5.11. The van der Waals surface area contributed by atoms with Crippen LogP contribution in [0.1, 0.15) is 0 Å². The van der Waals surface area contributed by atoms with Crippen molar-refractivity contribution < 1.29 is 0 Å². The molecule has 0 saturated heterocycles. The molecular formula is C57H37N5. The average molecular weight is 792 g/mol. The van der Waals surface area contributed by atoms with Crippen molar-refractivity contribution in [1.82, 2.24) is 24.1 Å². The minimum absolute atomic E-state index is 0.623. The Morgan fingerprint density at radius 3 is 1.10 bits per heavy atom. The van der Waals surface area contributed by atoms with Gasteiger partial charge >= 0.3 is 0 Å². The Bertz CT molecular complexity index is 3590. The van der Waals surface area contributed by atoms with Crippen molar-refractivity contribution in [2.24, 2.45) is 0 Å². The minimum atomic E-state index is 0.623. The summed E-state index contributed by atoms with van der Waals surface area (Å²) in [6.45, 7) is 0. The number of hydrogen-bond donors (Lipinski definition) is 0. The fraction of sp³-hybridized carbons (Fsp3) is 0. The van der Waals surface area contributed by atoms with Crippen molar-refractivity contribution in [3.05, 3.63) is 224 Å². The molecule has 290 valence electrons. The van der Waals surface area contributed by atoms with Gasteiger partial charge in [-0.25, -0.2) is 15.0 Å². The molecule has 0 saturated carbocycles. The van der Waals surface area contributed by atoms with Crippen molar-refractivity contribution in [2.75, 3.05) is 0 Å². The van der Waals surface area contributed by atoms with E-state index in [1.807, 2.05) is 36.4 Å². The molecule has 0 amide bonds. The molecule has 0 aliphatic rings. The van der Waals surface area contributed by atoms with Gasteiger partial charge in [-0.1, -0.05) is 158 Å². The molecule has 3 aromatic heterocycles. The number of para-hydroxylation sites is 3. The molecule has 0 fully saturated rings. The van der Waals surface area contributed by atoms with Crippen molar-refractivity contribution >= 4 is 43.6 Å². The van der Waals surface area contributed by atoms with Crippen LogP contribution in [0, 0.1) is 0 Å². The second-order valence-corrected chi connectivity index (χ2v) is 15.7. The summed E-state index contributed by atoms with van der Waals surface area (Å²) in [5.41, 5.74) is 14.4. The third kappa shape index (κ3) is 6.06. The predicted molar refractivity (Wildman–Crippen MR) is 256 cm³/mol. The van der Waals surface area contributed by atoms with E-state index < -0.39 is 0 Å². The van der Waals surface area contributed by atoms with Gasteiger partial charge in [0.1, 0.15) is 0 Å². The van der Waals surface area contributed by atoms with Crippen molar-refractivity contribution in [1.29, 1.82) is 0 Å². The van der Waals surface area contributed by atoms with Gasteiger partial charge in [0.2, 0.25) is 0 Å². The maximum Gasteiger partial charge on any atom is 0.164 e. The van der Waals surface area contributed by atoms with E-state index in [0.717, 1.165) is 50.2 Å². The molecule has 0 aliphatic heterocycles. The van der Waals surface area contributed by atoms with Crippen molar-refractivity contribution in [3.8, 4) is 67.8 Å². The molecule has 0 bridgehead atoms. The Morgan fingerprint density at radius 1 is 0.226 bits per heavy atom. The summed E-state index contributed by atoms with van der Waals surface area (Å²) < 4.78 is 4.77. The zero-order valence-corrected chi connectivity index (χ0v) is 33.6. The van der Waals surface area contributed by atoms with Crippen LogP contribution >= 0.6 is 0 Å². The summed E-state index contributed by atoms with van der Waals surface area (Å²) in [6.07, 6.45) is 0. The highest BCUT2D eigenvalue weighted by Crippen LogP contribution is 2.40. The number of benzene rings is 9. The van der Waals surface area contributed by atoms with Crippen LogP contribution in [0.4, 0.5) is 0 Å². The molecule has 0 aliphatic carbocycles. The lowest BCUT2D eigenvalue weighted by molar-refractivity contribution is 1.07. The zero-order valence-electron chi connectivity index (χ0n) is 33.6. The molecule has 9 aromatic carbocycles. The highest BCUT2D eigenvalue weighted by Gasteiger charge is 2.19. The lowest BCUT2D eigenvalue weighted by Gasteiger charge is -2.11. The topological polar surface area (TPSA) is 48.5 Å². The highest BCUT2D eigenvalue weighted by atomic mass is 15.0. The average Bonchev–Trinajstić information content (AvgIpc) is 3.86. The number of nitrogens with zero attached hydrogens (tertiary/aromatic N) is 5. The van der Waals surface area contributed by atoms with Gasteiger partial charge in [0.25, 0.3) is 0 Å². The van der Waals surface area contributed by atoms with E-state index in [4.69, 9.17) is 15.0 Å². The lowest BCUT2D eigenvalue weighted by atomic mass is 9.98. The SMILES string of the molecule is c1ccc(-c2cccc(-c3ccc(-c4nc(-c5ccccc5)nc(-c5ccc(-n6c7ccccc7c7cc8c(cc76)c6ccccc6n8-c6ccccc6)cc5)n4)cc3)c2)cc1. The van der Waals surface area contributed by atoms with Crippen LogP contribution in [0.2, 0.25) is 0 Å². The molecule has 0 unspecified atom stereocenters. The van der Waals surface area contributed by atoms with Crippen LogP contribution in [-0.2, 0) is 0 Å². The van der Waals surface area contributed by atoms with Gasteiger partial charge in [0, 0.05) is 49.6 Å². The van der Waals surface area contributed by atoms with Crippen LogP contribution in [0.25, 0.3) is 111 Å². The second kappa shape index (κ2) is 14.7. The van der Waals surface area contributed by atoms with Crippen LogP contribution < -0.4 is 0 Å². The fourth-order valence-electron chi connectivity index (χ4n) is 8.99. The van der Waals surface area contributed by atoms with Crippen LogP contribution in [0.3, 0.4) is 0 Å². The van der Waals surface area contributed by atoms with E-state index in [-0.39, 0.29) is 0 Å². The zero-order chi connectivity index (χ0) is 41.0. The summed E-state index contributed by atoms with van der Waals surface area (Å²) in [5.74, 6) is 1.89. The maximum absolute atomic E-state index is 5.11. The Hall–Kier alpha value is -8.41. The van der Waals surface area contributed by atoms with Gasteiger partial charge in [0.15, 0.2) is 17.5 Å². The number of rotatable bonds is 7. The fourth-order valence-corrected chi connectivity index (χ4v) is 8.99. The highest BCUT2D eigenvalue weighted by molar-refractivity contribution is 6.19. The van der Waals surface area contributed by atoms with Gasteiger partial charge in [-0.3, -0.25) is 0 Å². The molecule has 0 radical (unpaired) electrons. The molecular weight excluding hydrogens is 755 g/mol. The third-order valence-electron chi connectivity index (χ3n) is 12.0. The Morgan fingerprint density at radius 2 is 0.581 bits per heavy atom. The van der Waals surface area contributed by atoms with Crippen LogP contribution in [0.15, 0.2) is 224 Å². The van der Waals surface area contributed by atoms with E-state index in [0.29, 0.717) is 17.5 Å². The number of aromatic nitrogens is 5. The first-order chi connectivity index (χ1) is 30.7. The van der Waals surface area contributed by atoms with E-state index in [1.165, 1.54) is 43.7 Å². The minimum Gasteiger partial charge on any atom is -0.309 e. The van der Waals surface area contributed by atoms with Gasteiger partial charge in [0.05, 0.1) is 22.1 Å². The summed E-state index contributed by atoms with van der Waals surface area (Å²) in [5, 5.41) is 4.87. The Labute approximate surface area is 358 Å². The molecule has 12 rings (SSSR count). The lowest BCUT2D eigenvalue weighted by Crippen LogP contribution is -2.00.